The van der Waals surface area contributed by atoms with Crippen LogP contribution in [0.15, 0.2) is 53.4 Å². The maximum Gasteiger partial charge on any atom is 0.234 e. The van der Waals surface area contributed by atoms with Gasteiger partial charge in [0.05, 0.1) is 19.0 Å². The smallest absolute Gasteiger partial charge is 0.234 e. The van der Waals surface area contributed by atoms with Crippen molar-refractivity contribution in [3.63, 3.8) is 0 Å². The van der Waals surface area contributed by atoms with Gasteiger partial charge in [-0.25, -0.2) is 0 Å². The molecule has 0 radical (unpaired) electrons. The van der Waals surface area contributed by atoms with Crippen LogP contribution in [0.1, 0.15) is 11.1 Å². The van der Waals surface area contributed by atoms with Crippen molar-refractivity contribution in [1.29, 1.82) is 0 Å². The molecule has 138 valence electrons. The van der Waals surface area contributed by atoms with Gasteiger partial charge >= 0.3 is 0 Å². The van der Waals surface area contributed by atoms with Gasteiger partial charge in [-0.15, -0.1) is 11.8 Å². The number of nitrogens with zero attached hydrogens (tertiary/aromatic N) is 1. The Balaban J connectivity index is 1.41. The lowest BCUT2D eigenvalue weighted by Gasteiger charge is -2.26. The molecular weight excluding hydrogens is 344 g/mol. The molecule has 5 heteroatoms. The van der Waals surface area contributed by atoms with Crippen molar-refractivity contribution in [3.05, 3.63) is 59.7 Å². The van der Waals surface area contributed by atoms with Crippen LogP contribution in [0.3, 0.4) is 0 Å². The molecule has 26 heavy (non-hydrogen) atoms. The largest absolute Gasteiger partial charge is 0.379 e. The van der Waals surface area contributed by atoms with Crippen molar-refractivity contribution >= 4 is 23.4 Å². The molecule has 3 rings (SSSR count). The molecule has 2 aromatic carbocycles. The van der Waals surface area contributed by atoms with Gasteiger partial charge in [0.25, 0.3) is 0 Å². The molecule has 0 saturated carbocycles. The Labute approximate surface area is 159 Å². The number of hydrogen-bond donors (Lipinski definition) is 1. The van der Waals surface area contributed by atoms with Gasteiger partial charge in [-0.2, -0.15) is 0 Å². The first-order valence-corrected chi connectivity index (χ1v) is 10.1. The highest BCUT2D eigenvalue weighted by molar-refractivity contribution is 8.00. The zero-order valence-corrected chi connectivity index (χ0v) is 16.1. The fourth-order valence-corrected chi connectivity index (χ4v) is 3.55. The number of benzene rings is 2. The molecule has 0 bridgehead atoms. The van der Waals surface area contributed by atoms with E-state index in [-0.39, 0.29) is 5.91 Å². The summed E-state index contributed by atoms with van der Waals surface area (Å²) in [7, 11) is 0. The lowest BCUT2D eigenvalue weighted by atomic mass is 10.1. The third kappa shape index (κ3) is 6.16. The van der Waals surface area contributed by atoms with E-state index in [2.05, 4.69) is 53.5 Å². The first kappa shape index (κ1) is 19.0. The van der Waals surface area contributed by atoms with Crippen molar-refractivity contribution in [1.82, 2.24) is 4.90 Å². The average molecular weight is 371 g/mol. The van der Waals surface area contributed by atoms with Crippen LogP contribution in [0.2, 0.25) is 0 Å². The minimum Gasteiger partial charge on any atom is -0.379 e. The second-order valence-corrected chi connectivity index (χ2v) is 7.60. The Morgan fingerprint density at radius 1 is 1.08 bits per heavy atom. The van der Waals surface area contributed by atoms with E-state index in [0.29, 0.717) is 5.75 Å². The Kier molecular flexibility index (Phi) is 7.12. The van der Waals surface area contributed by atoms with E-state index < -0.39 is 0 Å². The second-order valence-electron chi connectivity index (χ2n) is 6.55. The lowest BCUT2D eigenvalue weighted by molar-refractivity contribution is -0.113. The van der Waals surface area contributed by atoms with E-state index >= 15 is 0 Å². The number of carbonyl (C=O) groups excluding carboxylic acids is 1. The third-order valence-electron chi connectivity index (χ3n) is 4.45. The molecule has 0 aliphatic carbocycles. The van der Waals surface area contributed by atoms with E-state index in [4.69, 9.17) is 4.74 Å². The number of thioether (sulfide) groups is 1. The number of rotatable bonds is 7. The van der Waals surface area contributed by atoms with E-state index in [9.17, 15) is 4.79 Å². The molecule has 1 N–H and O–H groups in total. The topological polar surface area (TPSA) is 41.6 Å². The van der Waals surface area contributed by atoms with Gasteiger partial charge in [-0.3, -0.25) is 9.69 Å². The number of carbonyl (C=O) groups is 1. The number of nitrogens with one attached hydrogen (secondary N) is 1. The van der Waals surface area contributed by atoms with E-state index in [1.807, 2.05) is 12.1 Å². The molecule has 1 fully saturated rings. The molecule has 0 unspecified atom stereocenters. The fraction of sp³-hybridized carbons (Fsp3) is 0.381. The number of anilines is 1. The van der Waals surface area contributed by atoms with Gasteiger partial charge in [-0.1, -0.05) is 29.8 Å². The maximum absolute atomic E-state index is 12.1. The molecule has 1 heterocycles. The molecule has 1 saturated heterocycles. The number of amides is 1. The maximum atomic E-state index is 12.1. The highest BCUT2D eigenvalue weighted by Crippen LogP contribution is 2.19. The van der Waals surface area contributed by atoms with Crippen molar-refractivity contribution in [2.75, 3.05) is 43.9 Å². The fourth-order valence-electron chi connectivity index (χ4n) is 2.85. The molecule has 0 atom stereocenters. The van der Waals surface area contributed by atoms with E-state index in [1.54, 1.807) is 11.8 Å². The van der Waals surface area contributed by atoms with E-state index in [0.717, 1.165) is 49.9 Å². The Morgan fingerprint density at radius 3 is 2.46 bits per heavy atom. The van der Waals surface area contributed by atoms with Gasteiger partial charge in [-0.05, 0) is 43.2 Å². The second kappa shape index (κ2) is 9.76. The van der Waals surface area contributed by atoms with Crippen molar-refractivity contribution in [3.8, 4) is 0 Å². The zero-order valence-electron chi connectivity index (χ0n) is 15.2. The molecule has 0 spiro atoms. The van der Waals surface area contributed by atoms with Crippen LogP contribution in [-0.4, -0.2) is 49.4 Å². The standard InChI is InChI=1S/C21H26N2O2S/c1-17-2-8-20(9-3-17)26-16-21(24)22-19-6-4-18(5-7-19)10-11-23-12-14-25-15-13-23/h2-9H,10-16H2,1H3,(H,22,24). The van der Waals surface area contributed by atoms with Gasteiger partial charge in [0.2, 0.25) is 5.91 Å². The molecule has 2 aromatic rings. The molecular formula is C21H26N2O2S. The highest BCUT2D eigenvalue weighted by atomic mass is 32.2. The summed E-state index contributed by atoms with van der Waals surface area (Å²) in [4.78, 5) is 15.7. The molecule has 4 nitrogen and oxygen atoms in total. The molecule has 1 aliphatic heterocycles. The average Bonchev–Trinajstić information content (AvgIpc) is 2.68. The summed E-state index contributed by atoms with van der Waals surface area (Å²) in [5.41, 5.74) is 3.38. The Bertz CT molecular complexity index is 695. The Morgan fingerprint density at radius 2 is 1.77 bits per heavy atom. The van der Waals surface area contributed by atoms with E-state index in [1.165, 1.54) is 11.1 Å². The predicted octanol–water partition coefficient (Wildman–Crippen LogP) is 3.60. The van der Waals surface area contributed by atoms with Crippen molar-refractivity contribution < 1.29 is 9.53 Å². The van der Waals surface area contributed by atoms with Crippen molar-refractivity contribution in [2.24, 2.45) is 0 Å². The van der Waals surface area contributed by atoms with Crippen LogP contribution in [0.4, 0.5) is 5.69 Å². The minimum atomic E-state index is 0.0247. The monoisotopic (exact) mass is 370 g/mol. The Hall–Kier alpha value is -1.82. The van der Waals surface area contributed by atoms with Crippen LogP contribution < -0.4 is 5.32 Å². The van der Waals surface area contributed by atoms with Crippen LogP contribution in [0, 0.1) is 6.92 Å². The predicted molar refractivity (Wildman–Crippen MR) is 108 cm³/mol. The molecule has 1 amide bonds. The minimum absolute atomic E-state index is 0.0247. The van der Waals surface area contributed by atoms with Gasteiger partial charge < -0.3 is 10.1 Å². The summed E-state index contributed by atoms with van der Waals surface area (Å²) in [6.45, 7) is 6.84. The van der Waals surface area contributed by atoms with Crippen LogP contribution in [-0.2, 0) is 16.0 Å². The zero-order chi connectivity index (χ0) is 18.2. The first-order chi connectivity index (χ1) is 12.7. The summed E-state index contributed by atoms with van der Waals surface area (Å²) in [5, 5.41) is 2.97. The number of hydrogen-bond acceptors (Lipinski definition) is 4. The van der Waals surface area contributed by atoms with Crippen LogP contribution >= 0.6 is 11.8 Å². The number of ether oxygens (including phenoxy) is 1. The van der Waals surface area contributed by atoms with Crippen LogP contribution in [0.25, 0.3) is 0 Å². The number of aryl methyl sites for hydroxylation is 1. The van der Waals surface area contributed by atoms with Gasteiger partial charge in [0.1, 0.15) is 0 Å². The highest BCUT2D eigenvalue weighted by Gasteiger charge is 2.10. The summed E-state index contributed by atoms with van der Waals surface area (Å²) in [5.74, 6) is 0.443. The number of morpholine rings is 1. The first-order valence-electron chi connectivity index (χ1n) is 9.07. The molecule has 0 aromatic heterocycles. The lowest BCUT2D eigenvalue weighted by Crippen LogP contribution is -2.37. The summed E-state index contributed by atoms with van der Waals surface area (Å²) in [6, 6.07) is 16.4. The van der Waals surface area contributed by atoms with Crippen LogP contribution in [0.5, 0.6) is 0 Å². The van der Waals surface area contributed by atoms with Gasteiger partial charge in [0.15, 0.2) is 0 Å². The summed E-state index contributed by atoms with van der Waals surface area (Å²) >= 11 is 1.56. The quantitative estimate of drug-likeness (QED) is 0.756. The SMILES string of the molecule is Cc1ccc(SCC(=O)Nc2ccc(CCN3CCOCC3)cc2)cc1. The summed E-state index contributed by atoms with van der Waals surface area (Å²) < 4.78 is 5.37. The molecule has 1 aliphatic rings. The third-order valence-corrected chi connectivity index (χ3v) is 5.46. The van der Waals surface area contributed by atoms with Gasteiger partial charge in [0, 0.05) is 30.2 Å². The normalized spacial score (nSPS) is 15.0. The summed E-state index contributed by atoms with van der Waals surface area (Å²) in [6.07, 6.45) is 1.03. The van der Waals surface area contributed by atoms with Crippen molar-refractivity contribution in [2.45, 2.75) is 18.2 Å².